The number of likely N-dealkylation sites (N-methyl/N-ethyl adjacent to an activating group) is 1. The highest BCUT2D eigenvalue weighted by Gasteiger charge is 2.38. The number of benzene rings is 3. The smallest absolute Gasteiger partial charge is 0.247 e. The van der Waals surface area contributed by atoms with Crippen LogP contribution in [0.4, 0.5) is 4.39 Å². The van der Waals surface area contributed by atoms with E-state index >= 15 is 0 Å². The third-order valence-corrected chi connectivity index (χ3v) is 8.98. The summed E-state index contributed by atoms with van der Waals surface area (Å²) in [5.74, 6) is 4.90. The lowest BCUT2D eigenvalue weighted by Gasteiger charge is -2.37. The van der Waals surface area contributed by atoms with Crippen molar-refractivity contribution < 1.29 is 27.4 Å². The Hall–Kier alpha value is -3.71. The summed E-state index contributed by atoms with van der Waals surface area (Å²) in [5.41, 5.74) is 1.55. The first-order valence-corrected chi connectivity index (χ1v) is 14.5. The molecule has 3 aromatic carbocycles. The molecule has 0 aromatic heterocycles. The van der Waals surface area contributed by atoms with Gasteiger partial charge in [0.1, 0.15) is 22.6 Å². The maximum absolute atomic E-state index is 14.1. The van der Waals surface area contributed by atoms with E-state index in [0.717, 1.165) is 5.56 Å². The van der Waals surface area contributed by atoms with Gasteiger partial charge in [-0.1, -0.05) is 61.2 Å². The van der Waals surface area contributed by atoms with Gasteiger partial charge in [0, 0.05) is 31.1 Å². The first kappa shape index (κ1) is 29.3. The fourth-order valence-corrected chi connectivity index (χ4v) is 6.33. The van der Waals surface area contributed by atoms with Gasteiger partial charge in [0.05, 0.1) is 25.1 Å². The standard InChI is InChI=1S/C31H33FN2O5S/c1-22-19-34(23(2)21-35)40(37,38)30-16-14-25(13-15-26-11-7-8-12-27(26)32)17-28(30)39-29(22)20-33(3)31(36)18-24-9-5-4-6-10-24/h4-12,14,16-17,22-23,29,35H,18-21H2,1-3H3/t22-,23+,29+/m1/s1. The van der Waals surface area contributed by atoms with Gasteiger partial charge in [0.15, 0.2) is 0 Å². The number of rotatable bonds is 6. The van der Waals surface area contributed by atoms with E-state index in [1.54, 1.807) is 43.1 Å². The van der Waals surface area contributed by atoms with Crippen LogP contribution in [-0.4, -0.2) is 67.5 Å². The van der Waals surface area contributed by atoms with E-state index in [9.17, 15) is 22.7 Å². The third kappa shape index (κ3) is 6.70. The van der Waals surface area contributed by atoms with Crippen LogP contribution in [-0.2, 0) is 21.2 Å². The Morgan fingerprint density at radius 2 is 1.82 bits per heavy atom. The summed E-state index contributed by atoms with van der Waals surface area (Å²) in [5, 5.41) is 9.85. The highest BCUT2D eigenvalue weighted by atomic mass is 32.2. The van der Waals surface area contributed by atoms with Crippen LogP contribution in [0.5, 0.6) is 5.75 Å². The van der Waals surface area contributed by atoms with Gasteiger partial charge in [-0.05, 0) is 42.8 Å². The maximum atomic E-state index is 14.1. The van der Waals surface area contributed by atoms with Crippen LogP contribution in [0.3, 0.4) is 0 Å². The summed E-state index contributed by atoms with van der Waals surface area (Å²) in [6.07, 6.45) is -0.325. The molecule has 3 aromatic rings. The minimum atomic E-state index is -4.03. The van der Waals surface area contributed by atoms with E-state index in [1.807, 2.05) is 37.3 Å². The van der Waals surface area contributed by atoms with E-state index in [1.165, 1.54) is 22.5 Å². The topological polar surface area (TPSA) is 87.2 Å². The second-order valence-corrected chi connectivity index (χ2v) is 11.9. The summed E-state index contributed by atoms with van der Waals surface area (Å²) in [6.45, 7) is 3.47. The number of hydrogen-bond donors (Lipinski definition) is 1. The molecule has 0 spiro atoms. The number of aliphatic hydroxyl groups is 1. The van der Waals surface area contributed by atoms with E-state index < -0.39 is 28.0 Å². The van der Waals surface area contributed by atoms with Crippen LogP contribution in [0.25, 0.3) is 0 Å². The van der Waals surface area contributed by atoms with Crippen LogP contribution in [0, 0.1) is 23.6 Å². The Morgan fingerprint density at radius 1 is 1.12 bits per heavy atom. The fraction of sp³-hybridized carbons (Fsp3) is 0.323. The summed E-state index contributed by atoms with van der Waals surface area (Å²) in [4.78, 5) is 14.5. The van der Waals surface area contributed by atoms with E-state index in [0.29, 0.717) is 5.56 Å². The van der Waals surface area contributed by atoms with Gasteiger partial charge in [0.2, 0.25) is 15.9 Å². The van der Waals surface area contributed by atoms with Gasteiger partial charge >= 0.3 is 0 Å². The molecule has 0 radical (unpaired) electrons. The SMILES string of the molecule is C[C@@H]1CN([C@@H](C)CO)S(=O)(=O)c2ccc(C#Cc3ccccc3F)cc2O[C@H]1CN(C)C(=O)Cc1ccccc1. The maximum Gasteiger partial charge on any atom is 0.247 e. The van der Waals surface area contributed by atoms with Crippen molar-refractivity contribution in [3.63, 3.8) is 0 Å². The van der Waals surface area contributed by atoms with Gasteiger partial charge in [-0.25, -0.2) is 12.8 Å². The van der Waals surface area contributed by atoms with Crippen molar-refractivity contribution >= 4 is 15.9 Å². The van der Waals surface area contributed by atoms with Gasteiger partial charge in [-0.3, -0.25) is 4.79 Å². The summed E-state index contributed by atoms with van der Waals surface area (Å²) < 4.78 is 49.0. The molecule has 4 rings (SSSR count). The second kappa shape index (κ2) is 12.6. The van der Waals surface area contributed by atoms with Crippen molar-refractivity contribution in [1.29, 1.82) is 0 Å². The molecule has 9 heteroatoms. The predicted molar refractivity (Wildman–Crippen MR) is 151 cm³/mol. The van der Waals surface area contributed by atoms with E-state index in [2.05, 4.69) is 11.8 Å². The quantitative estimate of drug-likeness (QED) is 0.462. The van der Waals surface area contributed by atoms with Gasteiger partial charge < -0.3 is 14.7 Å². The van der Waals surface area contributed by atoms with Crippen molar-refractivity contribution in [3.8, 4) is 17.6 Å². The molecular weight excluding hydrogens is 531 g/mol. The Morgan fingerprint density at radius 3 is 2.52 bits per heavy atom. The molecule has 0 fully saturated rings. The predicted octanol–water partition coefficient (Wildman–Crippen LogP) is 3.70. The molecule has 210 valence electrons. The number of amides is 1. The minimum absolute atomic E-state index is 0.0561. The normalized spacial score (nSPS) is 19.1. The monoisotopic (exact) mass is 564 g/mol. The number of sulfonamides is 1. The largest absolute Gasteiger partial charge is 0.487 e. The van der Waals surface area contributed by atoms with Crippen molar-refractivity contribution in [2.45, 2.75) is 37.3 Å². The average Bonchev–Trinajstić information content (AvgIpc) is 2.94. The highest BCUT2D eigenvalue weighted by Crippen LogP contribution is 2.34. The number of hydrogen-bond acceptors (Lipinski definition) is 5. The zero-order chi connectivity index (χ0) is 28.9. The zero-order valence-electron chi connectivity index (χ0n) is 22.7. The molecule has 7 nitrogen and oxygen atoms in total. The molecule has 0 unspecified atom stereocenters. The number of carbonyl (C=O) groups excluding carboxylic acids is 1. The molecule has 0 saturated heterocycles. The first-order chi connectivity index (χ1) is 19.1. The molecule has 3 atom stereocenters. The third-order valence-electron chi connectivity index (χ3n) is 6.96. The molecule has 0 saturated carbocycles. The Bertz CT molecular complexity index is 1520. The lowest BCUT2D eigenvalue weighted by atomic mass is 10.0. The number of fused-ring (bicyclic) bond motifs is 1. The van der Waals surface area contributed by atoms with E-state index in [-0.39, 0.29) is 54.2 Å². The highest BCUT2D eigenvalue weighted by molar-refractivity contribution is 7.89. The van der Waals surface area contributed by atoms with Crippen molar-refractivity contribution in [2.75, 3.05) is 26.7 Å². The molecule has 40 heavy (non-hydrogen) atoms. The molecule has 1 heterocycles. The Balaban J connectivity index is 1.68. The van der Waals surface area contributed by atoms with Gasteiger partial charge in [-0.2, -0.15) is 4.31 Å². The van der Waals surface area contributed by atoms with Gasteiger partial charge in [-0.15, -0.1) is 0 Å². The van der Waals surface area contributed by atoms with Gasteiger partial charge in [0.25, 0.3) is 0 Å². The average molecular weight is 565 g/mol. The lowest BCUT2D eigenvalue weighted by molar-refractivity contribution is -0.130. The van der Waals surface area contributed by atoms with Crippen LogP contribution in [0.2, 0.25) is 0 Å². The molecule has 1 aliphatic rings. The van der Waals surface area contributed by atoms with Crippen molar-refractivity contribution in [3.05, 3.63) is 95.3 Å². The van der Waals surface area contributed by atoms with Crippen LogP contribution >= 0.6 is 0 Å². The number of carbonyl (C=O) groups is 1. The van der Waals surface area contributed by atoms with Crippen molar-refractivity contribution in [2.24, 2.45) is 5.92 Å². The molecule has 1 N–H and O–H groups in total. The fourth-order valence-electron chi connectivity index (χ4n) is 4.50. The van der Waals surface area contributed by atoms with Crippen LogP contribution in [0.15, 0.2) is 77.7 Å². The zero-order valence-corrected chi connectivity index (χ0v) is 23.6. The Labute approximate surface area is 235 Å². The second-order valence-electron chi connectivity index (χ2n) is 10.1. The summed E-state index contributed by atoms with van der Waals surface area (Å²) >= 11 is 0. The van der Waals surface area contributed by atoms with Crippen molar-refractivity contribution in [1.82, 2.24) is 9.21 Å². The minimum Gasteiger partial charge on any atom is -0.487 e. The molecule has 1 amide bonds. The lowest BCUT2D eigenvalue weighted by Crippen LogP contribution is -2.50. The van der Waals surface area contributed by atoms with Crippen LogP contribution in [0.1, 0.15) is 30.5 Å². The van der Waals surface area contributed by atoms with Crippen LogP contribution < -0.4 is 4.74 Å². The number of nitrogens with zero attached hydrogens (tertiary/aromatic N) is 2. The molecular formula is C31H33FN2O5S. The summed E-state index contributed by atoms with van der Waals surface area (Å²) in [6, 6.07) is 19.4. The first-order valence-electron chi connectivity index (χ1n) is 13.1. The number of halogens is 1. The number of aliphatic hydroxyl groups excluding tert-OH is 1. The summed E-state index contributed by atoms with van der Waals surface area (Å²) in [7, 11) is -2.33. The molecule has 0 bridgehead atoms. The van der Waals surface area contributed by atoms with E-state index in [4.69, 9.17) is 4.74 Å². The molecule has 0 aliphatic carbocycles. The number of ether oxygens (including phenoxy) is 1. The molecule has 1 aliphatic heterocycles. The Kier molecular flexibility index (Phi) is 9.25.